The molecule has 4 nitrogen and oxygen atoms in total. The molecule has 0 fully saturated rings. The molecule has 0 atom stereocenters. The Balaban J connectivity index is 2.32. The van der Waals surface area contributed by atoms with Crippen LogP contribution in [0.25, 0.3) is 0 Å². The Morgan fingerprint density at radius 2 is 2.29 bits per heavy atom. The van der Waals surface area contributed by atoms with E-state index in [1.54, 1.807) is 13.3 Å². The van der Waals surface area contributed by atoms with E-state index in [-0.39, 0.29) is 5.91 Å². The van der Waals surface area contributed by atoms with E-state index in [0.29, 0.717) is 24.8 Å². The van der Waals surface area contributed by atoms with E-state index in [1.807, 2.05) is 26.0 Å². The van der Waals surface area contributed by atoms with Gasteiger partial charge in [-0.2, -0.15) is 0 Å². The Kier molecular flexibility index (Phi) is 5.46. The van der Waals surface area contributed by atoms with Crippen molar-refractivity contribution in [3.05, 3.63) is 23.9 Å². The Morgan fingerprint density at radius 1 is 1.53 bits per heavy atom. The molecule has 0 aliphatic heterocycles. The van der Waals surface area contributed by atoms with E-state index in [2.05, 4.69) is 10.3 Å². The van der Waals surface area contributed by atoms with Gasteiger partial charge in [-0.05, 0) is 24.0 Å². The van der Waals surface area contributed by atoms with Crippen molar-refractivity contribution in [3.63, 3.8) is 0 Å². The van der Waals surface area contributed by atoms with E-state index in [0.717, 1.165) is 12.0 Å². The van der Waals surface area contributed by atoms with Gasteiger partial charge in [0.1, 0.15) is 0 Å². The van der Waals surface area contributed by atoms with Crippen molar-refractivity contribution in [2.75, 3.05) is 13.7 Å². The van der Waals surface area contributed by atoms with Gasteiger partial charge < -0.3 is 10.1 Å². The number of nitrogens with zero attached hydrogens (tertiary/aromatic N) is 1. The third kappa shape index (κ3) is 5.33. The smallest absolute Gasteiger partial charge is 0.220 e. The summed E-state index contributed by atoms with van der Waals surface area (Å²) in [6.07, 6.45) is 3.09. The molecule has 0 aromatic carbocycles. The number of rotatable bonds is 6. The van der Waals surface area contributed by atoms with Gasteiger partial charge in [-0.3, -0.25) is 4.79 Å². The van der Waals surface area contributed by atoms with Gasteiger partial charge in [0, 0.05) is 25.2 Å². The molecule has 0 spiro atoms. The number of pyridine rings is 1. The number of methoxy groups -OCH3 is 1. The van der Waals surface area contributed by atoms with Gasteiger partial charge in [-0.15, -0.1) is 0 Å². The second-order valence-electron chi connectivity index (χ2n) is 4.40. The molecule has 0 unspecified atom stereocenters. The first-order chi connectivity index (χ1) is 8.11. The lowest BCUT2D eigenvalue weighted by molar-refractivity contribution is -0.121. The highest BCUT2D eigenvalue weighted by atomic mass is 16.5. The minimum absolute atomic E-state index is 0.112. The average Bonchev–Trinajstić information content (AvgIpc) is 2.28. The molecule has 0 aliphatic carbocycles. The lowest BCUT2D eigenvalue weighted by Crippen LogP contribution is -2.26. The quantitative estimate of drug-likeness (QED) is 0.819. The summed E-state index contributed by atoms with van der Waals surface area (Å²) in [4.78, 5) is 15.4. The van der Waals surface area contributed by atoms with Crippen LogP contribution < -0.4 is 10.1 Å². The van der Waals surface area contributed by atoms with Crippen LogP contribution in [0.1, 0.15) is 25.8 Å². The Labute approximate surface area is 102 Å². The van der Waals surface area contributed by atoms with E-state index in [1.165, 1.54) is 0 Å². The first-order valence-electron chi connectivity index (χ1n) is 5.87. The van der Waals surface area contributed by atoms with Crippen LogP contribution in [0.2, 0.25) is 0 Å². The lowest BCUT2D eigenvalue weighted by atomic mass is 10.1. The Hall–Kier alpha value is -1.58. The highest BCUT2D eigenvalue weighted by molar-refractivity contribution is 5.76. The van der Waals surface area contributed by atoms with E-state index in [4.69, 9.17) is 4.74 Å². The van der Waals surface area contributed by atoms with Crippen LogP contribution in [0.15, 0.2) is 18.3 Å². The predicted molar refractivity (Wildman–Crippen MR) is 67.0 cm³/mol. The summed E-state index contributed by atoms with van der Waals surface area (Å²) in [6.45, 7) is 4.72. The van der Waals surface area contributed by atoms with Crippen molar-refractivity contribution in [1.82, 2.24) is 10.3 Å². The molecule has 0 saturated heterocycles. The highest BCUT2D eigenvalue weighted by Crippen LogP contribution is 2.08. The summed E-state index contributed by atoms with van der Waals surface area (Å²) < 4.78 is 5.04. The summed E-state index contributed by atoms with van der Waals surface area (Å²) in [7, 11) is 1.59. The third-order valence-corrected chi connectivity index (χ3v) is 2.34. The number of hydrogen-bond donors (Lipinski definition) is 1. The standard InChI is InChI=1S/C13H20N2O2/c1-10(2)8-12(16)14-6-4-11-5-7-15-13(9-11)17-3/h5,7,9-10H,4,6,8H2,1-3H3,(H,14,16). The molecule has 0 bridgehead atoms. The SMILES string of the molecule is COc1cc(CCNC(=O)CC(C)C)ccn1. The first-order valence-corrected chi connectivity index (χ1v) is 5.87. The topological polar surface area (TPSA) is 51.2 Å². The van der Waals surface area contributed by atoms with Gasteiger partial charge in [0.05, 0.1) is 7.11 Å². The van der Waals surface area contributed by atoms with Crippen molar-refractivity contribution in [3.8, 4) is 5.88 Å². The van der Waals surface area contributed by atoms with Crippen molar-refractivity contribution in [2.45, 2.75) is 26.7 Å². The molecule has 0 aliphatic rings. The maximum atomic E-state index is 11.4. The largest absolute Gasteiger partial charge is 0.481 e. The van der Waals surface area contributed by atoms with Gasteiger partial charge in [-0.25, -0.2) is 4.98 Å². The summed E-state index contributed by atoms with van der Waals surface area (Å²) in [5, 5.41) is 2.90. The molecule has 17 heavy (non-hydrogen) atoms. The molecule has 1 rings (SSSR count). The molecule has 1 amide bonds. The third-order valence-electron chi connectivity index (χ3n) is 2.34. The van der Waals surface area contributed by atoms with Gasteiger partial charge >= 0.3 is 0 Å². The van der Waals surface area contributed by atoms with E-state index >= 15 is 0 Å². The molecule has 94 valence electrons. The Bertz CT molecular complexity index is 364. The molecule has 1 aromatic heterocycles. The van der Waals surface area contributed by atoms with Crippen molar-refractivity contribution in [2.24, 2.45) is 5.92 Å². The molecule has 4 heteroatoms. The molecule has 0 saturated carbocycles. The zero-order valence-corrected chi connectivity index (χ0v) is 10.7. The van der Waals surface area contributed by atoms with Crippen molar-refractivity contribution in [1.29, 1.82) is 0 Å². The molecule has 1 heterocycles. The monoisotopic (exact) mass is 236 g/mol. The predicted octanol–water partition coefficient (Wildman–Crippen LogP) is 1.79. The summed E-state index contributed by atoms with van der Waals surface area (Å²) >= 11 is 0. The molecule has 0 radical (unpaired) electrons. The van der Waals surface area contributed by atoms with Crippen molar-refractivity contribution >= 4 is 5.91 Å². The number of amides is 1. The lowest BCUT2D eigenvalue weighted by Gasteiger charge is -2.07. The first kappa shape index (κ1) is 13.5. The zero-order valence-electron chi connectivity index (χ0n) is 10.7. The van der Waals surface area contributed by atoms with E-state index in [9.17, 15) is 4.79 Å². The second-order valence-corrected chi connectivity index (χ2v) is 4.40. The minimum atomic E-state index is 0.112. The van der Waals surface area contributed by atoms with Gasteiger partial charge in [-0.1, -0.05) is 13.8 Å². The van der Waals surface area contributed by atoms with Crippen LogP contribution in [-0.4, -0.2) is 24.5 Å². The number of carbonyl (C=O) groups excluding carboxylic acids is 1. The molecular weight excluding hydrogens is 216 g/mol. The van der Waals surface area contributed by atoms with Crippen LogP contribution in [0, 0.1) is 5.92 Å². The van der Waals surface area contributed by atoms with Crippen LogP contribution in [0.5, 0.6) is 5.88 Å². The highest BCUT2D eigenvalue weighted by Gasteiger charge is 2.04. The summed E-state index contributed by atoms with van der Waals surface area (Å²) in [5.74, 6) is 1.12. The zero-order chi connectivity index (χ0) is 12.7. The van der Waals surface area contributed by atoms with Crippen LogP contribution in [0.3, 0.4) is 0 Å². The number of nitrogens with one attached hydrogen (secondary N) is 1. The van der Waals surface area contributed by atoms with Crippen molar-refractivity contribution < 1.29 is 9.53 Å². The maximum absolute atomic E-state index is 11.4. The molecule has 1 aromatic rings. The second kappa shape index (κ2) is 6.89. The maximum Gasteiger partial charge on any atom is 0.220 e. The molecular formula is C13H20N2O2. The van der Waals surface area contributed by atoms with Crippen LogP contribution in [0.4, 0.5) is 0 Å². The summed E-state index contributed by atoms with van der Waals surface area (Å²) in [6, 6.07) is 3.81. The van der Waals surface area contributed by atoms with E-state index < -0.39 is 0 Å². The minimum Gasteiger partial charge on any atom is -0.481 e. The molecule has 1 N–H and O–H groups in total. The van der Waals surface area contributed by atoms with Crippen LogP contribution in [-0.2, 0) is 11.2 Å². The normalized spacial score (nSPS) is 10.4. The van der Waals surface area contributed by atoms with Gasteiger partial charge in [0.25, 0.3) is 0 Å². The number of ether oxygens (including phenoxy) is 1. The average molecular weight is 236 g/mol. The fourth-order valence-electron chi connectivity index (χ4n) is 1.51. The van der Waals surface area contributed by atoms with Gasteiger partial charge in [0.2, 0.25) is 11.8 Å². The summed E-state index contributed by atoms with van der Waals surface area (Å²) in [5.41, 5.74) is 1.11. The fraction of sp³-hybridized carbons (Fsp3) is 0.538. The fourth-order valence-corrected chi connectivity index (χ4v) is 1.51. The number of aromatic nitrogens is 1. The van der Waals surface area contributed by atoms with Crippen LogP contribution >= 0.6 is 0 Å². The number of hydrogen-bond acceptors (Lipinski definition) is 3. The number of carbonyl (C=O) groups is 1. The van der Waals surface area contributed by atoms with Gasteiger partial charge in [0.15, 0.2) is 0 Å². The Morgan fingerprint density at radius 3 is 2.94 bits per heavy atom.